The van der Waals surface area contributed by atoms with Gasteiger partial charge in [-0.3, -0.25) is 4.79 Å². The summed E-state index contributed by atoms with van der Waals surface area (Å²) in [6, 6.07) is 22.9. The Morgan fingerprint density at radius 3 is 1.58 bits per heavy atom. The maximum absolute atomic E-state index is 13.0. The topological polar surface area (TPSA) is 17.1 Å². The zero-order chi connectivity index (χ0) is 18.1. The Balaban J connectivity index is 1.76. The predicted molar refractivity (Wildman–Crippen MR) is 112 cm³/mol. The fourth-order valence-electron chi connectivity index (χ4n) is 2.66. The summed E-state index contributed by atoms with van der Waals surface area (Å²) in [5.74, 6) is 0.0667. The molecule has 0 N–H and O–H groups in total. The molecule has 0 aliphatic heterocycles. The van der Waals surface area contributed by atoms with Crippen molar-refractivity contribution in [2.45, 2.75) is 9.79 Å². The molecule has 0 heterocycles. The summed E-state index contributed by atoms with van der Waals surface area (Å²) in [6.45, 7) is 0. The Hall–Kier alpha value is -1.65. The number of hydrogen-bond acceptors (Lipinski definition) is 3. The fourth-order valence-corrected chi connectivity index (χ4v) is 5.06. The van der Waals surface area contributed by atoms with E-state index in [0.29, 0.717) is 10.0 Å². The maximum atomic E-state index is 13.0. The van der Waals surface area contributed by atoms with Gasteiger partial charge in [0.25, 0.3) is 0 Å². The van der Waals surface area contributed by atoms with Crippen molar-refractivity contribution in [3.05, 3.63) is 98.9 Å². The van der Waals surface area contributed by atoms with Crippen LogP contribution in [-0.4, -0.2) is 5.78 Å². The van der Waals surface area contributed by atoms with Gasteiger partial charge in [-0.15, -0.1) is 0 Å². The van der Waals surface area contributed by atoms with E-state index in [-0.39, 0.29) is 5.78 Å². The summed E-state index contributed by atoms with van der Waals surface area (Å²) >= 11 is 15.0. The van der Waals surface area contributed by atoms with Crippen LogP contribution in [0.15, 0.2) is 87.5 Å². The molecule has 128 valence electrons. The standard InChI is InChI=1S/C21H12Cl2OS2/c22-13-5-9-15(10-6-13)25-20-18-4-2-1-3-17(18)19(24)21(20)26-16-11-7-14(23)8-12-16/h1-12H. The van der Waals surface area contributed by atoms with Gasteiger partial charge in [-0.2, -0.15) is 0 Å². The minimum absolute atomic E-state index is 0.0667. The molecule has 5 heteroatoms. The second-order valence-electron chi connectivity index (χ2n) is 5.64. The number of Topliss-reactive ketones (excluding diaryl/α,β-unsaturated/α-hetero) is 1. The van der Waals surface area contributed by atoms with E-state index in [1.54, 1.807) is 11.8 Å². The van der Waals surface area contributed by atoms with Crippen molar-refractivity contribution in [3.63, 3.8) is 0 Å². The highest BCUT2D eigenvalue weighted by Gasteiger charge is 2.30. The molecule has 0 spiro atoms. The Labute approximate surface area is 170 Å². The molecular formula is C21H12Cl2OS2. The first kappa shape index (κ1) is 17.7. The van der Waals surface area contributed by atoms with Gasteiger partial charge in [0.1, 0.15) is 0 Å². The van der Waals surface area contributed by atoms with Crippen molar-refractivity contribution in [2.24, 2.45) is 0 Å². The lowest BCUT2D eigenvalue weighted by Crippen LogP contribution is -1.95. The van der Waals surface area contributed by atoms with Gasteiger partial charge in [-0.1, -0.05) is 71.0 Å². The van der Waals surface area contributed by atoms with Crippen LogP contribution in [0.1, 0.15) is 15.9 Å². The van der Waals surface area contributed by atoms with Crippen LogP contribution in [-0.2, 0) is 0 Å². The number of rotatable bonds is 4. The lowest BCUT2D eigenvalue weighted by atomic mass is 10.1. The van der Waals surface area contributed by atoms with Crippen molar-refractivity contribution >= 4 is 57.4 Å². The predicted octanol–water partition coefficient (Wildman–Crippen LogP) is 7.44. The maximum Gasteiger partial charge on any atom is 0.201 e. The normalized spacial score (nSPS) is 13.2. The van der Waals surface area contributed by atoms with E-state index in [1.165, 1.54) is 11.8 Å². The van der Waals surface area contributed by atoms with Crippen LogP contribution in [0.5, 0.6) is 0 Å². The molecule has 0 amide bonds. The lowest BCUT2D eigenvalue weighted by molar-refractivity contribution is 0.104. The SMILES string of the molecule is O=C1C(Sc2ccc(Cl)cc2)=C(Sc2ccc(Cl)cc2)c2ccccc21. The van der Waals surface area contributed by atoms with E-state index in [4.69, 9.17) is 23.2 Å². The number of allylic oxidation sites excluding steroid dienone is 1. The molecule has 0 bridgehead atoms. The molecule has 0 fully saturated rings. The van der Waals surface area contributed by atoms with Crippen molar-refractivity contribution < 1.29 is 4.79 Å². The van der Waals surface area contributed by atoms with E-state index in [2.05, 4.69) is 0 Å². The summed E-state index contributed by atoms with van der Waals surface area (Å²) in [6.07, 6.45) is 0. The Kier molecular flexibility index (Phi) is 5.14. The summed E-state index contributed by atoms with van der Waals surface area (Å²) in [5.41, 5.74) is 1.73. The highest BCUT2D eigenvalue weighted by atomic mass is 35.5. The fraction of sp³-hybridized carbons (Fsp3) is 0. The second-order valence-corrected chi connectivity index (χ2v) is 8.69. The third-order valence-corrected chi connectivity index (χ3v) is 6.77. The highest BCUT2D eigenvalue weighted by Crippen LogP contribution is 2.49. The molecule has 0 radical (unpaired) electrons. The minimum atomic E-state index is 0.0667. The van der Waals surface area contributed by atoms with E-state index >= 15 is 0 Å². The van der Waals surface area contributed by atoms with Gasteiger partial charge in [0.15, 0.2) is 0 Å². The molecule has 1 nitrogen and oxygen atoms in total. The smallest absolute Gasteiger partial charge is 0.201 e. The van der Waals surface area contributed by atoms with E-state index < -0.39 is 0 Å². The Morgan fingerprint density at radius 2 is 1.04 bits per heavy atom. The molecule has 4 rings (SSSR count). The van der Waals surface area contributed by atoms with Crippen LogP contribution in [0, 0.1) is 0 Å². The van der Waals surface area contributed by atoms with Gasteiger partial charge < -0.3 is 0 Å². The number of benzene rings is 3. The molecule has 1 aliphatic rings. The van der Waals surface area contributed by atoms with E-state index in [0.717, 1.165) is 30.7 Å². The first-order valence-electron chi connectivity index (χ1n) is 7.87. The average Bonchev–Trinajstić information content (AvgIpc) is 2.91. The summed E-state index contributed by atoms with van der Waals surface area (Å²) in [4.78, 5) is 16.7. The first-order chi connectivity index (χ1) is 12.6. The van der Waals surface area contributed by atoms with Crippen LogP contribution >= 0.6 is 46.7 Å². The summed E-state index contributed by atoms with van der Waals surface area (Å²) in [5, 5.41) is 1.38. The van der Waals surface area contributed by atoms with Gasteiger partial charge in [0.05, 0.1) is 4.91 Å². The molecule has 3 aromatic carbocycles. The molecule has 0 saturated heterocycles. The number of hydrogen-bond donors (Lipinski definition) is 0. The number of fused-ring (bicyclic) bond motifs is 1. The average molecular weight is 415 g/mol. The van der Waals surface area contributed by atoms with Crippen LogP contribution in [0.2, 0.25) is 10.0 Å². The van der Waals surface area contributed by atoms with E-state index in [9.17, 15) is 4.79 Å². The monoisotopic (exact) mass is 414 g/mol. The molecule has 26 heavy (non-hydrogen) atoms. The van der Waals surface area contributed by atoms with Crippen LogP contribution in [0.25, 0.3) is 4.91 Å². The molecule has 0 aromatic heterocycles. The molecule has 0 atom stereocenters. The van der Waals surface area contributed by atoms with Crippen molar-refractivity contribution in [3.8, 4) is 0 Å². The third kappa shape index (κ3) is 3.58. The quantitative estimate of drug-likeness (QED) is 0.441. The Morgan fingerprint density at radius 1 is 0.577 bits per heavy atom. The van der Waals surface area contributed by atoms with Gasteiger partial charge in [-0.05, 0) is 48.5 Å². The number of carbonyl (C=O) groups is 1. The third-order valence-electron chi connectivity index (χ3n) is 3.90. The van der Waals surface area contributed by atoms with Crippen LogP contribution in [0.4, 0.5) is 0 Å². The molecule has 0 saturated carbocycles. The van der Waals surface area contributed by atoms with Crippen molar-refractivity contribution in [1.29, 1.82) is 0 Å². The number of halogens is 2. The number of ketones is 1. The molecular weight excluding hydrogens is 403 g/mol. The first-order valence-corrected chi connectivity index (χ1v) is 10.3. The van der Waals surface area contributed by atoms with Crippen molar-refractivity contribution in [1.82, 2.24) is 0 Å². The van der Waals surface area contributed by atoms with Gasteiger partial charge in [0.2, 0.25) is 5.78 Å². The minimum Gasteiger partial charge on any atom is -0.288 e. The van der Waals surface area contributed by atoms with Gasteiger partial charge in [0, 0.05) is 35.9 Å². The summed E-state index contributed by atoms with van der Waals surface area (Å²) in [7, 11) is 0. The zero-order valence-corrected chi connectivity index (χ0v) is 16.6. The Bertz CT molecular complexity index is 1010. The van der Waals surface area contributed by atoms with Crippen LogP contribution in [0.3, 0.4) is 0 Å². The van der Waals surface area contributed by atoms with Gasteiger partial charge >= 0.3 is 0 Å². The van der Waals surface area contributed by atoms with Gasteiger partial charge in [-0.25, -0.2) is 0 Å². The van der Waals surface area contributed by atoms with Crippen LogP contribution < -0.4 is 0 Å². The lowest BCUT2D eigenvalue weighted by Gasteiger charge is -2.08. The number of carbonyl (C=O) groups excluding carboxylic acids is 1. The number of thioether (sulfide) groups is 2. The molecule has 0 unspecified atom stereocenters. The highest BCUT2D eigenvalue weighted by molar-refractivity contribution is 8.11. The summed E-state index contributed by atoms with van der Waals surface area (Å²) < 4.78 is 0. The second kappa shape index (κ2) is 7.53. The van der Waals surface area contributed by atoms with E-state index in [1.807, 2.05) is 72.8 Å². The molecule has 3 aromatic rings. The largest absolute Gasteiger partial charge is 0.288 e. The van der Waals surface area contributed by atoms with Crippen molar-refractivity contribution in [2.75, 3.05) is 0 Å². The zero-order valence-electron chi connectivity index (χ0n) is 13.4. The molecule has 1 aliphatic carbocycles.